The van der Waals surface area contributed by atoms with Gasteiger partial charge in [-0.2, -0.15) is 0 Å². The van der Waals surface area contributed by atoms with Crippen molar-refractivity contribution in [3.05, 3.63) is 0 Å². The van der Waals surface area contributed by atoms with Crippen molar-refractivity contribution >= 4 is 0 Å². The summed E-state index contributed by atoms with van der Waals surface area (Å²) in [6.45, 7) is 10.4. The van der Waals surface area contributed by atoms with Crippen molar-refractivity contribution in [2.75, 3.05) is 52.6 Å². The summed E-state index contributed by atoms with van der Waals surface area (Å²) >= 11 is 0. The molecule has 0 bridgehead atoms. The van der Waals surface area contributed by atoms with E-state index in [1.165, 1.54) is 13.0 Å². The van der Waals surface area contributed by atoms with Gasteiger partial charge in [-0.05, 0) is 18.9 Å². The summed E-state index contributed by atoms with van der Waals surface area (Å²) in [6, 6.07) is 0.590. The first-order valence-corrected chi connectivity index (χ1v) is 6.46. The van der Waals surface area contributed by atoms with Crippen LogP contribution in [0.5, 0.6) is 0 Å². The minimum absolute atomic E-state index is 0.590. The third-order valence-electron chi connectivity index (χ3n) is 3.36. The van der Waals surface area contributed by atoms with Crippen molar-refractivity contribution in [3.63, 3.8) is 0 Å². The van der Waals surface area contributed by atoms with Crippen molar-refractivity contribution in [3.8, 4) is 0 Å². The maximum atomic E-state index is 5.35. The molecule has 4 nitrogen and oxygen atoms in total. The number of morpholine rings is 1. The van der Waals surface area contributed by atoms with Crippen LogP contribution in [0.4, 0.5) is 0 Å². The molecular formula is C12H24N2O2. The molecule has 1 N–H and O–H groups in total. The molecule has 94 valence electrons. The Balaban J connectivity index is 1.57. The fraction of sp³-hybridized carbons (Fsp3) is 1.00. The smallest absolute Gasteiger partial charge is 0.0620 e. The van der Waals surface area contributed by atoms with E-state index in [9.17, 15) is 0 Å². The number of hydrogen-bond acceptors (Lipinski definition) is 4. The number of hydrogen-bond donors (Lipinski definition) is 1. The van der Waals surface area contributed by atoms with Gasteiger partial charge in [0.2, 0.25) is 0 Å². The Morgan fingerprint density at radius 1 is 1.25 bits per heavy atom. The van der Waals surface area contributed by atoms with Crippen LogP contribution < -0.4 is 5.32 Å². The molecule has 0 spiro atoms. The molecule has 0 aromatic rings. The van der Waals surface area contributed by atoms with Crippen LogP contribution in [0, 0.1) is 5.92 Å². The minimum Gasteiger partial charge on any atom is -0.380 e. The average molecular weight is 228 g/mol. The Bertz CT molecular complexity index is 189. The second kappa shape index (κ2) is 6.55. The fourth-order valence-corrected chi connectivity index (χ4v) is 2.35. The molecular weight excluding hydrogens is 204 g/mol. The Morgan fingerprint density at radius 2 is 2.06 bits per heavy atom. The quantitative estimate of drug-likeness (QED) is 0.735. The van der Waals surface area contributed by atoms with Gasteiger partial charge in [-0.1, -0.05) is 6.92 Å². The molecule has 0 aromatic heterocycles. The first kappa shape index (κ1) is 12.3. The maximum Gasteiger partial charge on any atom is 0.0620 e. The summed E-state index contributed by atoms with van der Waals surface area (Å²) in [4.78, 5) is 2.50. The predicted molar refractivity (Wildman–Crippen MR) is 63.6 cm³/mol. The molecule has 0 saturated carbocycles. The van der Waals surface area contributed by atoms with Crippen molar-refractivity contribution in [2.24, 2.45) is 5.92 Å². The molecule has 0 amide bonds. The summed E-state index contributed by atoms with van der Waals surface area (Å²) < 4.78 is 10.7. The zero-order valence-electron chi connectivity index (χ0n) is 10.3. The Hall–Kier alpha value is -0.160. The van der Waals surface area contributed by atoms with E-state index in [1.54, 1.807) is 0 Å². The van der Waals surface area contributed by atoms with Gasteiger partial charge in [0.1, 0.15) is 0 Å². The highest BCUT2D eigenvalue weighted by Gasteiger charge is 2.17. The zero-order chi connectivity index (χ0) is 11.2. The van der Waals surface area contributed by atoms with Gasteiger partial charge in [-0.25, -0.2) is 0 Å². The van der Waals surface area contributed by atoms with E-state index < -0.39 is 0 Å². The van der Waals surface area contributed by atoms with Crippen LogP contribution in [-0.4, -0.2) is 63.5 Å². The van der Waals surface area contributed by atoms with E-state index in [0.717, 1.165) is 46.1 Å². The summed E-state index contributed by atoms with van der Waals surface area (Å²) in [6.07, 6.45) is 1.17. The largest absolute Gasteiger partial charge is 0.380 e. The topological polar surface area (TPSA) is 33.7 Å². The van der Waals surface area contributed by atoms with Gasteiger partial charge in [0.15, 0.2) is 0 Å². The summed E-state index contributed by atoms with van der Waals surface area (Å²) in [7, 11) is 0. The number of nitrogens with one attached hydrogen (secondary N) is 1. The van der Waals surface area contributed by atoms with Gasteiger partial charge in [0.05, 0.1) is 19.8 Å². The second-order valence-electron chi connectivity index (χ2n) is 4.99. The van der Waals surface area contributed by atoms with Crippen LogP contribution in [0.25, 0.3) is 0 Å². The highest BCUT2D eigenvalue weighted by atomic mass is 16.5. The van der Waals surface area contributed by atoms with Gasteiger partial charge in [-0.3, -0.25) is 4.90 Å². The molecule has 4 heteroatoms. The van der Waals surface area contributed by atoms with Crippen molar-refractivity contribution in [1.82, 2.24) is 10.2 Å². The van der Waals surface area contributed by atoms with E-state index in [2.05, 4.69) is 17.1 Å². The fourth-order valence-electron chi connectivity index (χ4n) is 2.35. The Labute approximate surface area is 98.3 Å². The Kier molecular flexibility index (Phi) is 5.03. The standard InChI is InChI=1S/C12H24N2O2/c1-11(8-13-12-2-5-16-10-12)9-14-3-6-15-7-4-14/h11-13H,2-10H2,1H3. The third-order valence-corrected chi connectivity index (χ3v) is 3.36. The van der Waals surface area contributed by atoms with Crippen molar-refractivity contribution in [1.29, 1.82) is 0 Å². The number of rotatable bonds is 5. The number of nitrogens with zero attached hydrogens (tertiary/aromatic N) is 1. The van der Waals surface area contributed by atoms with Gasteiger partial charge in [0, 0.05) is 32.3 Å². The highest BCUT2D eigenvalue weighted by Crippen LogP contribution is 2.06. The van der Waals surface area contributed by atoms with Crippen LogP contribution in [-0.2, 0) is 9.47 Å². The first-order valence-electron chi connectivity index (χ1n) is 6.46. The third kappa shape index (κ3) is 4.01. The lowest BCUT2D eigenvalue weighted by Crippen LogP contribution is -2.42. The van der Waals surface area contributed by atoms with E-state index in [4.69, 9.17) is 9.47 Å². The zero-order valence-corrected chi connectivity index (χ0v) is 10.3. The molecule has 0 aliphatic carbocycles. The molecule has 2 rings (SSSR count). The van der Waals surface area contributed by atoms with Crippen molar-refractivity contribution < 1.29 is 9.47 Å². The molecule has 2 atom stereocenters. The summed E-state index contributed by atoms with van der Waals surface area (Å²) in [5.41, 5.74) is 0. The van der Waals surface area contributed by atoms with E-state index in [-0.39, 0.29) is 0 Å². The normalized spacial score (nSPS) is 29.4. The Morgan fingerprint density at radius 3 is 2.75 bits per heavy atom. The van der Waals surface area contributed by atoms with Crippen LogP contribution in [0.15, 0.2) is 0 Å². The van der Waals surface area contributed by atoms with Crippen molar-refractivity contribution in [2.45, 2.75) is 19.4 Å². The average Bonchev–Trinajstić information content (AvgIpc) is 2.81. The van der Waals surface area contributed by atoms with Gasteiger partial charge >= 0.3 is 0 Å². The van der Waals surface area contributed by atoms with E-state index in [1.807, 2.05) is 0 Å². The molecule has 2 aliphatic heterocycles. The summed E-state index contributed by atoms with van der Waals surface area (Å²) in [5, 5.41) is 3.59. The van der Waals surface area contributed by atoms with Crippen LogP contribution in [0.2, 0.25) is 0 Å². The molecule has 16 heavy (non-hydrogen) atoms. The molecule has 2 heterocycles. The lowest BCUT2D eigenvalue weighted by atomic mass is 10.1. The SMILES string of the molecule is CC(CNC1CCOC1)CN1CCOCC1. The van der Waals surface area contributed by atoms with E-state index in [0.29, 0.717) is 12.0 Å². The lowest BCUT2D eigenvalue weighted by Gasteiger charge is -2.29. The minimum atomic E-state index is 0.590. The molecule has 2 fully saturated rings. The monoisotopic (exact) mass is 228 g/mol. The second-order valence-corrected chi connectivity index (χ2v) is 4.99. The van der Waals surface area contributed by atoms with Crippen LogP contribution in [0.3, 0.4) is 0 Å². The van der Waals surface area contributed by atoms with Gasteiger partial charge in [0.25, 0.3) is 0 Å². The van der Waals surface area contributed by atoms with Gasteiger partial charge in [-0.15, -0.1) is 0 Å². The van der Waals surface area contributed by atoms with Gasteiger partial charge < -0.3 is 14.8 Å². The maximum absolute atomic E-state index is 5.35. The molecule has 0 aromatic carbocycles. The van der Waals surface area contributed by atoms with Crippen LogP contribution in [0.1, 0.15) is 13.3 Å². The number of ether oxygens (including phenoxy) is 2. The summed E-state index contributed by atoms with van der Waals surface area (Å²) in [5.74, 6) is 0.707. The highest BCUT2D eigenvalue weighted by molar-refractivity contribution is 4.74. The molecule has 0 radical (unpaired) electrons. The lowest BCUT2D eigenvalue weighted by molar-refractivity contribution is 0.0316. The molecule has 2 aliphatic rings. The van der Waals surface area contributed by atoms with E-state index >= 15 is 0 Å². The molecule has 2 unspecified atom stereocenters. The first-order chi connectivity index (χ1) is 7.84. The predicted octanol–water partition coefficient (Wildman–Crippen LogP) is 0.333. The molecule has 2 saturated heterocycles. The van der Waals surface area contributed by atoms with Crippen LogP contribution >= 0.6 is 0 Å².